The Kier molecular flexibility index (Phi) is 10.1. The fourth-order valence-corrected chi connectivity index (χ4v) is 4.27. The van der Waals surface area contributed by atoms with Crippen molar-refractivity contribution in [1.82, 2.24) is 20.3 Å². The number of carbonyl (C=O) groups is 1. The molecular weight excluding hydrogens is 504 g/mol. The number of halogens is 1. The molecule has 204 valence electrons. The predicted octanol–water partition coefficient (Wildman–Crippen LogP) is 5.64. The number of pyridine rings is 1. The van der Waals surface area contributed by atoms with Crippen LogP contribution in [0.4, 0.5) is 17.5 Å². The van der Waals surface area contributed by atoms with E-state index in [1.807, 2.05) is 0 Å². The van der Waals surface area contributed by atoms with Crippen molar-refractivity contribution in [2.45, 2.75) is 41.2 Å². The third-order valence-electron chi connectivity index (χ3n) is 5.62. The highest BCUT2D eigenvalue weighted by molar-refractivity contribution is 6.33. The lowest BCUT2D eigenvalue weighted by atomic mass is 10.1. The van der Waals surface area contributed by atoms with E-state index < -0.39 is 0 Å². The third-order valence-corrected chi connectivity index (χ3v) is 6.05. The summed E-state index contributed by atoms with van der Waals surface area (Å²) >= 11 is 6.42. The van der Waals surface area contributed by atoms with E-state index in [4.69, 9.17) is 26.1 Å². The molecule has 0 bridgehead atoms. The van der Waals surface area contributed by atoms with Gasteiger partial charge in [-0.2, -0.15) is 0 Å². The average Bonchev–Trinajstić information content (AvgIpc) is 2.87. The highest BCUT2D eigenvalue weighted by Gasteiger charge is 2.16. The van der Waals surface area contributed by atoms with E-state index in [-0.39, 0.29) is 12.5 Å². The summed E-state index contributed by atoms with van der Waals surface area (Å²) < 4.78 is 11.1. The van der Waals surface area contributed by atoms with E-state index in [1.165, 1.54) is 7.11 Å². The normalized spacial score (nSPS) is 11.0. The van der Waals surface area contributed by atoms with Gasteiger partial charge in [-0.15, -0.1) is 0 Å². The van der Waals surface area contributed by atoms with Crippen molar-refractivity contribution in [2.75, 3.05) is 37.5 Å². The van der Waals surface area contributed by atoms with Crippen LogP contribution in [0.15, 0.2) is 36.8 Å². The Morgan fingerprint density at radius 3 is 2.24 bits per heavy atom. The third kappa shape index (κ3) is 7.71. The number of aryl methyl sites for hydroxylation is 1. The maximum absolute atomic E-state index is 12.1. The molecule has 2 N–H and O–H groups in total. The van der Waals surface area contributed by atoms with Crippen molar-refractivity contribution >= 4 is 35.0 Å². The van der Waals surface area contributed by atoms with Gasteiger partial charge in [0, 0.05) is 31.3 Å². The molecule has 0 atom stereocenters. The molecule has 1 amide bonds. The van der Waals surface area contributed by atoms with Gasteiger partial charge >= 0.3 is 0 Å². The number of nitrogens with one attached hydrogen (secondary N) is 2. The average molecular weight is 541 g/mol. The molecule has 0 saturated carbocycles. The topological polar surface area (TPSA) is 102 Å². The number of methoxy groups -OCH3 is 1. The van der Waals surface area contributed by atoms with Gasteiger partial charge in [-0.3, -0.25) is 4.79 Å². The Balaban J connectivity index is 1.68. The predicted molar refractivity (Wildman–Crippen MR) is 152 cm³/mol. The quantitative estimate of drug-likeness (QED) is 0.304. The number of anilines is 3. The SMILES string of the molecule is CNC(=O)c1cc(COc2cnc(Nc3cnc(N(CC(C)C)CC(C)C)c(C)c3)nc2)c(Cl)c(OC)c1. The summed E-state index contributed by atoms with van der Waals surface area (Å²) in [7, 11) is 3.06. The first-order valence-corrected chi connectivity index (χ1v) is 13.0. The van der Waals surface area contributed by atoms with E-state index in [0.717, 1.165) is 30.2 Å². The Hall–Kier alpha value is -3.59. The fraction of sp³-hybridized carbons (Fsp3) is 0.429. The second-order valence-electron chi connectivity index (χ2n) is 9.94. The standard InChI is InChI=1S/C28H37ClN6O3/c1-17(2)14-35(15-18(3)4)26-19(5)8-22(11-31-26)34-28-32-12-23(13-33-28)38-16-21-9-20(27(36)30-6)10-24(37-7)25(21)29/h8-13,17-18H,14-16H2,1-7H3,(H,30,36)(H,32,33,34). The van der Waals surface area contributed by atoms with Crippen molar-refractivity contribution in [3.8, 4) is 11.5 Å². The van der Waals surface area contributed by atoms with Gasteiger partial charge in [0.1, 0.15) is 18.2 Å². The molecule has 2 heterocycles. The summed E-state index contributed by atoms with van der Waals surface area (Å²) in [6.45, 7) is 13.0. The van der Waals surface area contributed by atoms with Crippen LogP contribution < -0.4 is 25.0 Å². The molecule has 10 heteroatoms. The van der Waals surface area contributed by atoms with Crippen LogP contribution in [0.25, 0.3) is 0 Å². The van der Waals surface area contributed by atoms with Crippen molar-refractivity contribution in [3.63, 3.8) is 0 Å². The van der Waals surface area contributed by atoms with Crippen LogP contribution >= 0.6 is 11.6 Å². The second kappa shape index (κ2) is 13.3. The first-order valence-electron chi connectivity index (χ1n) is 12.6. The smallest absolute Gasteiger partial charge is 0.251 e. The van der Waals surface area contributed by atoms with Crippen LogP contribution in [0.3, 0.4) is 0 Å². The van der Waals surface area contributed by atoms with Gasteiger partial charge < -0.3 is 25.0 Å². The van der Waals surface area contributed by atoms with Gasteiger partial charge in [0.25, 0.3) is 5.91 Å². The molecular formula is C28H37ClN6O3. The van der Waals surface area contributed by atoms with Crippen molar-refractivity contribution < 1.29 is 14.3 Å². The van der Waals surface area contributed by atoms with Crippen LogP contribution in [-0.4, -0.2) is 48.1 Å². The molecule has 0 fully saturated rings. The van der Waals surface area contributed by atoms with E-state index in [0.29, 0.717) is 45.4 Å². The summed E-state index contributed by atoms with van der Waals surface area (Å²) in [5, 5.41) is 6.18. The lowest BCUT2D eigenvalue weighted by Crippen LogP contribution is -2.32. The van der Waals surface area contributed by atoms with Gasteiger partial charge in [0.05, 0.1) is 36.4 Å². The van der Waals surface area contributed by atoms with Gasteiger partial charge in [-0.05, 0) is 42.5 Å². The number of benzene rings is 1. The minimum absolute atomic E-state index is 0.115. The van der Waals surface area contributed by atoms with Crippen molar-refractivity contribution in [3.05, 3.63) is 58.5 Å². The number of carbonyl (C=O) groups excluding carboxylic acids is 1. The van der Waals surface area contributed by atoms with E-state index in [9.17, 15) is 4.79 Å². The molecule has 3 rings (SSSR count). The van der Waals surface area contributed by atoms with Crippen molar-refractivity contribution in [2.24, 2.45) is 11.8 Å². The van der Waals surface area contributed by atoms with Crippen LogP contribution in [0, 0.1) is 18.8 Å². The van der Waals surface area contributed by atoms with Crippen LogP contribution in [0.1, 0.15) is 49.2 Å². The molecule has 0 spiro atoms. The van der Waals surface area contributed by atoms with Crippen LogP contribution in [0.5, 0.6) is 11.5 Å². The highest BCUT2D eigenvalue weighted by Crippen LogP contribution is 2.31. The maximum atomic E-state index is 12.1. The van der Waals surface area contributed by atoms with Crippen molar-refractivity contribution in [1.29, 1.82) is 0 Å². The molecule has 0 aliphatic heterocycles. The number of aromatic nitrogens is 3. The van der Waals surface area contributed by atoms with Gasteiger partial charge in [0.15, 0.2) is 5.75 Å². The molecule has 9 nitrogen and oxygen atoms in total. The van der Waals surface area contributed by atoms with E-state index in [2.05, 4.69) is 66.2 Å². The summed E-state index contributed by atoms with van der Waals surface area (Å²) in [6, 6.07) is 5.31. The molecule has 2 aromatic heterocycles. The number of nitrogens with zero attached hydrogens (tertiary/aromatic N) is 4. The number of hydrogen-bond acceptors (Lipinski definition) is 8. The monoisotopic (exact) mass is 540 g/mol. The molecule has 0 aliphatic carbocycles. The summed E-state index contributed by atoms with van der Waals surface area (Å²) in [4.78, 5) is 27.9. The van der Waals surface area contributed by atoms with E-state index in [1.54, 1.807) is 37.8 Å². The van der Waals surface area contributed by atoms with Crippen LogP contribution in [0.2, 0.25) is 5.02 Å². The molecule has 0 aliphatic rings. The van der Waals surface area contributed by atoms with Gasteiger partial charge in [-0.1, -0.05) is 39.3 Å². The Bertz CT molecular complexity index is 1220. The Morgan fingerprint density at radius 1 is 1.03 bits per heavy atom. The first kappa shape index (κ1) is 29.0. The first-order chi connectivity index (χ1) is 18.1. The maximum Gasteiger partial charge on any atom is 0.251 e. The molecule has 1 aromatic carbocycles. The minimum atomic E-state index is -0.245. The molecule has 0 saturated heterocycles. The molecule has 0 radical (unpaired) electrons. The number of ether oxygens (including phenoxy) is 2. The second-order valence-corrected chi connectivity index (χ2v) is 10.3. The summed E-state index contributed by atoms with van der Waals surface area (Å²) in [6.07, 6.45) is 4.95. The molecule has 38 heavy (non-hydrogen) atoms. The highest BCUT2D eigenvalue weighted by atomic mass is 35.5. The summed E-state index contributed by atoms with van der Waals surface area (Å²) in [5.74, 6) is 3.11. The Morgan fingerprint density at radius 2 is 1.68 bits per heavy atom. The van der Waals surface area contributed by atoms with Gasteiger partial charge in [-0.25, -0.2) is 15.0 Å². The molecule has 0 unspecified atom stereocenters. The van der Waals surface area contributed by atoms with Gasteiger partial charge in [0.2, 0.25) is 5.95 Å². The largest absolute Gasteiger partial charge is 0.495 e. The zero-order chi connectivity index (χ0) is 27.8. The zero-order valence-electron chi connectivity index (χ0n) is 23.1. The zero-order valence-corrected chi connectivity index (χ0v) is 23.9. The number of amides is 1. The van der Waals surface area contributed by atoms with E-state index >= 15 is 0 Å². The fourth-order valence-electron chi connectivity index (χ4n) is 4.03. The Labute approximate surface area is 230 Å². The summed E-state index contributed by atoms with van der Waals surface area (Å²) in [5.41, 5.74) is 2.92. The number of rotatable bonds is 12. The lowest BCUT2D eigenvalue weighted by molar-refractivity contribution is 0.0962. The van der Waals surface area contributed by atoms with Crippen LogP contribution in [-0.2, 0) is 6.61 Å². The lowest BCUT2D eigenvalue weighted by Gasteiger charge is -2.29. The number of hydrogen-bond donors (Lipinski definition) is 2. The minimum Gasteiger partial charge on any atom is -0.495 e. The molecule has 3 aromatic rings.